The average Bonchev–Trinajstić information content (AvgIpc) is 2.60. The van der Waals surface area contributed by atoms with Gasteiger partial charge in [-0.05, 0) is 78.0 Å². The highest BCUT2D eigenvalue weighted by molar-refractivity contribution is 5.75. The van der Waals surface area contributed by atoms with Crippen molar-refractivity contribution in [2.24, 2.45) is 10.8 Å². The number of carbonyl (C=O) groups excluding carboxylic acids is 1. The number of amides is 1. The van der Waals surface area contributed by atoms with E-state index in [4.69, 9.17) is 4.74 Å². The van der Waals surface area contributed by atoms with Crippen LogP contribution in [0.3, 0.4) is 0 Å². The summed E-state index contributed by atoms with van der Waals surface area (Å²) in [7, 11) is 1.52. The quantitative estimate of drug-likeness (QED) is 0.520. The average molecular weight is 452 g/mol. The van der Waals surface area contributed by atoms with Gasteiger partial charge in [0.2, 0.25) is 0 Å². The van der Waals surface area contributed by atoms with Crippen molar-refractivity contribution >= 4 is 18.0 Å². The van der Waals surface area contributed by atoms with Gasteiger partial charge in [0.1, 0.15) is 5.60 Å². The molecule has 1 rings (SSSR count). The molecule has 0 heterocycles. The molecule has 8 nitrogen and oxygen atoms in total. The van der Waals surface area contributed by atoms with Gasteiger partial charge in [0.25, 0.3) is 0 Å². The summed E-state index contributed by atoms with van der Waals surface area (Å²) in [4.78, 5) is 36.8. The molecule has 0 radical (unpaired) electrons. The van der Waals surface area contributed by atoms with Crippen LogP contribution in [0.1, 0.15) is 71.3 Å². The van der Waals surface area contributed by atoms with Gasteiger partial charge >= 0.3 is 18.0 Å². The van der Waals surface area contributed by atoms with Crippen LogP contribution in [0.2, 0.25) is 0 Å². The maximum Gasteiger partial charge on any atom is 0.410 e. The summed E-state index contributed by atoms with van der Waals surface area (Å²) >= 11 is 0. The number of hydrogen-bond acceptors (Lipinski definition) is 5. The van der Waals surface area contributed by atoms with Gasteiger partial charge in [-0.2, -0.15) is 0 Å². The molecule has 32 heavy (non-hydrogen) atoms. The molecular formula is C24H37NO7. The second-order valence-corrected chi connectivity index (χ2v) is 10.6. The largest absolute Gasteiger partial charge is 0.481 e. The number of hydrogen-bond donors (Lipinski definition) is 3. The molecule has 3 N–H and O–H groups in total. The first-order valence-corrected chi connectivity index (χ1v) is 10.6. The first kappa shape index (κ1) is 27.4. The number of carboxylic acids is 2. The van der Waals surface area contributed by atoms with Crippen molar-refractivity contribution in [3.8, 4) is 0 Å². The number of likely N-dealkylation sites (N-methyl/N-ethyl adjacent to an activating group) is 1. The molecule has 0 saturated carbocycles. The highest BCUT2D eigenvalue weighted by Crippen LogP contribution is 2.31. The predicted octanol–water partition coefficient (Wildman–Crippen LogP) is 3.89. The van der Waals surface area contributed by atoms with E-state index in [0.29, 0.717) is 16.7 Å². The van der Waals surface area contributed by atoms with Crippen LogP contribution < -0.4 is 0 Å². The molecule has 0 bridgehead atoms. The Labute approximate surface area is 190 Å². The lowest BCUT2D eigenvalue weighted by atomic mass is 9.79. The number of aliphatic hydroxyl groups excluding tert-OH is 1. The van der Waals surface area contributed by atoms with Gasteiger partial charge in [-0.15, -0.1) is 0 Å². The standard InChI is InChI=1S/C24H37NO7/c1-22(2,3)32-21(31)25(8)14-18(26)15-9-10-16(12-23(4,5)19(27)28)17(11-15)13-24(6,7)20(29)30/h9-11,18,26H,12-14H2,1-8H3,(H,27,28)(H,29,30). The third-order valence-electron chi connectivity index (χ3n) is 5.19. The normalized spacial score (nSPS) is 13.4. The van der Waals surface area contributed by atoms with Crippen molar-refractivity contribution in [3.63, 3.8) is 0 Å². The van der Waals surface area contributed by atoms with E-state index in [1.165, 1.54) is 11.9 Å². The third kappa shape index (κ3) is 7.82. The minimum Gasteiger partial charge on any atom is -0.481 e. The van der Waals surface area contributed by atoms with E-state index in [1.54, 1.807) is 66.7 Å². The minimum absolute atomic E-state index is 0.0172. The molecule has 0 saturated heterocycles. The zero-order valence-corrected chi connectivity index (χ0v) is 20.4. The Morgan fingerprint density at radius 3 is 1.81 bits per heavy atom. The summed E-state index contributed by atoms with van der Waals surface area (Å²) in [5.41, 5.74) is -0.914. The van der Waals surface area contributed by atoms with Crippen molar-refractivity contribution in [2.45, 2.75) is 73.0 Å². The van der Waals surface area contributed by atoms with E-state index >= 15 is 0 Å². The number of carbonyl (C=O) groups is 3. The summed E-state index contributed by atoms with van der Waals surface area (Å²) in [6.07, 6.45) is -1.22. The zero-order chi connectivity index (χ0) is 25.1. The fourth-order valence-corrected chi connectivity index (χ4v) is 3.07. The maximum absolute atomic E-state index is 12.2. The number of nitrogens with zero attached hydrogens (tertiary/aromatic N) is 1. The van der Waals surface area contributed by atoms with E-state index in [2.05, 4.69) is 0 Å². The first-order chi connectivity index (χ1) is 14.4. The molecule has 0 aliphatic heterocycles. The van der Waals surface area contributed by atoms with E-state index in [1.807, 2.05) is 0 Å². The molecular weight excluding hydrogens is 414 g/mol. The first-order valence-electron chi connectivity index (χ1n) is 10.6. The van der Waals surface area contributed by atoms with Crippen molar-refractivity contribution < 1.29 is 34.4 Å². The smallest absolute Gasteiger partial charge is 0.410 e. The molecule has 1 unspecified atom stereocenters. The lowest BCUT2D eigenvalue weighted by Gasteiger charge is -2.27. The summed E-state index contributed by atoms with van der Waals surface area (Å²) in [5, 5.41) is 29.8. The Morgan fingerprint density at radius 2 is 1.38 bits per heavy atom. The number of ether oxygens (including phenoxy) is 1. The molecule has 1 aromatic rings. The van der Waals surface area contributed by atoms with E-state index in [9.17, 15) is 29.7 Å². The van der Waals surface area contributed by atoms with Crippen molar-refractivity contribution in [2.75, 3.05) is 13.6 Å². The van der Waals surface area contributed by atoms with Gasteiger partial charge < -0.3 is 25.0 Å². The Hall–Kier alpha value is -2.61. The van der Waals surface area contributed by atoms with Crippen LogP contribution in [0.15, 0.2) is 18.2 Å². The number of benzene rings is 1. The van der Waals surface area contributed by atoms with Crippen LogP contribution in [0, 0.1) is 10.8 Å². The number of carboxylic acid groups (broad SMARTS) is 2. The minimum atomic E-state index is -1.08. The second-order valence-electron chi connectivity index (χ2n) is 10.6. The second kappa shape index (κ2) is 9.90. The number of aliphatic hydroxyl groups is 1. The van der Waals surface area contributed by atoms with Crippen LogP contribution in [-0.2, 0) is 27.2 Å². The molecule has 0 aromatic heterocycles. The Morgan fingerprint density at radius 1 is 0.906 bits per heavy atom. The fourth-order valence-electron chi connectivity index (χ4n) is 3.07. The molecule has 180 valence electrons. The molecule has 1 atom stereocenters. The van der Waals surface area contributed by atoms with Crippen molar-refractivity contribution in [1.82, 2.24) is 4.90 Å². The SMILES string of the molecule is CN(CC(O)c1ccc(CC(C)(C)C(=O)O)c(CC(C)(C)C(=O)O)c1)C(=O)OC(C)(C)C. The molecule has 8 heteroatoms. The number of aliphatic carboxylic acids is 2. The zero-order valence-electron chi connectivity index (χ0n) is 20.4. The van der Waals surface area contributed by atoms with Crippen molar-refractivity contribution in [3.05, 3.63) is 34.9 Å². The van der Waals surface area contributed by atoms with Gasteiger partial charge in [-0.3, -0.25) is 9.59 Å². The predicted molar refractivity (Wildman–Crippen MR) is 121 cm³/mol. The van der Waals surface area contributed by atoms with Crippen LogP contribution in [0.5, 0.6) is 0 Å². The molecule has 0 spiro atoms. The van der Waals surface area contributed by atoms with Crippen LogP contribution >= 0.6 is 0 Å². The molecule has 0 aliphatic rings. The summed E-state index contributed by atoms with van der Waals surface area (Å²) < 4.78 is 5.30. The summed E-state index contributed by atoms with van der Waals surface area (Å²) in [6.45, 7) is 11.7. The van der Waals surface area contributed by atoms with Crippen molar-refractivity contribution in [1.29, 1.82) is 0 Å². The van der Waals surface area contributed by atoms with Gasteiger partial charge in [0.15, 0.2) is 0 Å². The van der Waals surface area contributed by atoms with Gasteiger partial charge in [-0.1, -0.05) is 18.2 Å². The molecule has 0 aliphatic carbocycles. The van der Waals surface area contributed by atoms with Gasteiger partial charge in [-0.25, -0.2) is 4.79 Å². The topological polar surface area (TPSA) is 124 Å². The number of rotatable bonds is 9. The Balaban J connectivity index is 3.23. The molecule has 1 aromatic carbocycles. The van der Waals surface area contributed by atoms with Crippen LogP contribution in [0.4, 0.5) is 4.79 Å². The Kier molecular flexibility index (Phi) is 8.48. The molecule has 0 fully saturated rings. The Bertz CT molecular complexity index is 852. The van der Waals surface area contributed by atoms with E-state index in [0.717, 1.165) is 0 Å². The van der Waals surface area contributed by atoms with Crippen LogP contribution in [-0.4, -0.2) is 57.4 Å². The maximum atomic E-state index is 12.2. The lowest BCUT2D eigenvalue weighted by molar-refractivity contribution is -0.147. The van der Waals surface area contributed by atoms with E-state index < -0.39 is 40.6 Å². The highest BCUT2D eigenvalue weighted by atomic mass is 16.6. The lowest BCUT2D eigenvalue weighted by Crippen LogP contribution is -2.36. The summed E-state index contributed by atoms with van der Waals surface area (Å²) in [5.74, 6) is -1.93. The van der Waals surface area contributed by atoms with Gasteiger partial charge in [0.05, 0.1) is 23.5 Å². The third-order valence-corrected chi connectivity index (χ3v) is 5.19. The highest BCUT2D eigenvalue weighted by Gasteiger charge is 2.32. The van der Waals surface area contributed by atoms with E-state index in [-0.39, 0.29) is 19.4 Å². The molecule has 1 amide bonds. The monoisotopic (exact) mass is 451 g/mol. The fraction of sp³-hybridized carbons (Fsp3) is 0.625. The van der Waals surface area contributed by atoms with Gasteiger partial charge in [0, 0.05) is 7.05 Å². The van der Waals surface area contributed by atoms with Crippen LogP contribution in [0.25, 0.3) is 0 Å². The summed E-state index contributed by atoms with van der Waals surface area (Å²) in [6, 6.07) is 5.10.